The van der Waals surface area contributed by atoms with Crippen LogP contribution in [0, 0.1) is 0 Å². The third-order valence-electron chi connectivity index (χ3n) is 3.09. The number of aromatic carboxylic acids is 1. The van der Waals surface area contributed by atoms with Gasteiger partial charge < -0.3 is 9.84 Å². The van der Waals surface area contributed by atoms with Crippen LogP contribution in [-0.2, 0) is 0 Å². The molecule has 0 unspecified atom stereocenters. The second-order valence-electron chi connectivity index (χ2n) is 4.58. The molecule has 0 heterocycles. The molecular weight excluding hydrogens is 252 g/mol. The second-order valence-corrected chi connectivity index (χ2v) is 4.58. The number of hydrogen-bond donors (Lipinski definition) is 1. The lowest BCUT2D eigenvalue weighted by Crippen LogP contribution is -2.03. The summed E-state index contributed by atoms with van der Waals surface area (Å²) in [5.74, 6) is -0.495. The quantitative estimate of drug-likeness (QED) is 0.706. The van der Waals surface area contributed by atoms with Gasteiger partial charge >= 0.3 is 5.97 Å². The molecule has 104 valence electrons. The van der Waals surface area contributed by atoms with Gasteiger partial charge in [0.15, 0.2) is 0 Å². The molecule has 0 saturated carbocycles. The van der Waals surface area contributed by atoms with Crippen molar-refractivity contribution in [2.75, 3.05) is 6.61 Å². The second kappa shape index (κ2) is 6.75. The maximum atomic E-state index is 10.8. The van der Waals surface area contributed by atoms with Crippen LogP contribution < -0.4 is 4.74 Å². The number of unbranched alkanes of at least 4 members (excludes halogenated alkanes) is 1. The first kappa shape index (κ1) is 14.1. The fourth-order valence-corrected chi connectivity index (χ4v) is 1.76. The molecule has 2 aliphatic rings. The zero-order chi connectivity index (χ0) is 14.4. The van der Waals surface area contributed by atoms with Gasteiger partial charge in [-0.05, 0) is 29.7 Å². The summed E-state index contributed by atoms with van der Waals surface area (Å²) in [7, 11) is 0. The lowest BCUT2D eigenvalue weighted by molar-refractivity contribution is 0.0692. The summed E-state index contributed by atoms with van der Waals surface area (Å²) in [6.45, 7) is 2.63. The normalized spacial score (nSPS) is 10.2. The maximum Gasteiger partial charge on any atom is 0.339 e. The van der Waals surface area contributed by atoms with Crippen LogP contribution in [0.2, 0.25) is 0 Å². The molecule has 0 fully saturated rings. The van der Waals surface area contributed by atoms with Crippen molar-refractivity contribution in [2.24, 2.45) is 0 Å². The Balaban J connectivity index is 0.000000198. The van der Waals surface area contributed by atoms with Crippen LogP contribution in [-0.4, -0.2) is 17.7 Å². The number of carbonyl (C=O) groups is 1. The monoisotopic (exact) mass is 270 g/mol. The van der Waals surface area contributed by atoms with E-state index in [1.807, 2.05) is 0 Å². The van der Waals surface area contributed by atoms with Gasteiger partial charge in [0.25, 0.3) is 0 Å². The van der Waals surface area contributed by atoms with Crippen LogP contribution in [0.1, 0.15) is 30.1 Å². The third kappa shape index (κ3) is 3.38. The summed E-state index contributed by atoms with van der Waals surface area (Å²) in [6, 6.07) is 15.2. The van der Waals surface area contributed by atoms with E-state index in [0.29, 0.717) is 12.4 Å². The minimum atomic E-state index is -0.947. The van der Waals surface area contributed by atoms with Crippen molar-refractivity contribution in [1.82, 2.24) is 0 Å². The molecular formula is C17H18O3. The highest BCUT2D eigenvalue weighted by molar-refractivity contribution is 5.90. The minimum Gasteiger partial charge on any atom is -0.493 e. The Bertz CT molecular complexity index is 552. The van der Waals surface area contributed by atoms with Gasteiger partial charge in [-0.2, -0.15) is 0 Å². The highest BCUT2D eigenvalue weighted by Gasteiger charge is 2.09. The zero-order valence-electron chi connectivity index (χ0n) is 11.5. The fourth-order valence-electron chi connectivity index (χ4n) is 1.76. The van der Waals surface area contributed by atoms with Crippen LogP contribution in [0.25, 0.3) is 11.1 Å². The van der Waals surface area contributed by atoms with Crippen molar-refractivity contribution in [1.29, 1.82) is 0 Å². The first-order chi connectivity index (χ1) is 9.72. The number of carboxylic acid groups (broad SMARTS) is 1. The smallest absolute Gasteiger partial charge is 0.339 e. The van der Waals surface area contributed by atoms with Gasteiger partial charge in [0, 0.05) is 0 Å². The average Bonchev–Trinajstić information content (AvgIpc) is 2.44. The number of para-hydroxylation sites is 1. The molecule has 0 aliphatic heterocycles. The Hall–Kier alpha value is -2.29. The van der Waals surface area contributed by atoms with E-state index in [9.17, 15) is 4.79 Å². The molecule has 2 aliphatic carbocycles. The SMILES string of the molecule is CCCCOc1ccccc1C(=O)O.c1cc2ccc1-2. The number of rotatable bonds is 5. The molecule has 0 saturated heterocycles. The molecule has 0 spiro atoms. The van der Waals surface area contributed by atoms with E-state index in [0.717, 1.165) is 12.8 Å². The van der Waals surface area contributed by atoms with Crippen LogP contribution in [0.5, 0.6) is 5.75 Å². The van der Waals surface area contributed by atoms with E-state index in [2.05, 4.69) is 31.2 Å². The van der Waals surface area contributed by atoms with Gasteiger partial charge in [-0.3, -0.25) is 0 Å². The lowest BCUT2D eigenvalue weighted by atomic mass is 9.95. The topological polar surface area (TPSA) is 46.5 Å². The van der Waals surface area contributed by atoms with Crippen molar-refractivity contribution in [3.63, 3.8) is 0 Å². The van der Waals surface area contributed by atoms with Gasteiger partial charge in [-0.1, -0.05) is 49.7 Å². The lowest BCUT2D eigenvalue weighted by Gasteiger charge is -2.10. The molecule has 1 aromatic rings. The van der Waals surface area contributed by atoms with Crippen molar-refractivity contribution >= 4 is 5.97 Å². The number of fused-ring (bicyclic) bond motifs is 1. The molecule has 3 heteroatoms. The van der Waals surface area contributed by atoms with Crippen molar-refractivity contribution in [3.8, 4) is 16.9 Å². The van der Waals surface area contributed by atoms with Gasteiger partial charge in [0.2, 0.25) is 0 Å². The molecule has 20 heavy (non-hydrogen) atoms. The zero-order valence-corrected chi connectivity index (χ0v) is 11.5. The van der Waals surface area contributed by atoms with Crippen molar-refractivity contribution in [2.45, 2.75) is 19.8 Å². The predicted molar refractivity (Wildman–Crippen MR) is 79.2 cm³/mol. The first-order valence-electron chi connectivity index (χ1n) is 6.78. The molecule has 0 amide bonds. The van der Waals surface area contributed by atoms with E-state index in [1.54, 1.807) is 24.3 Å². The Kier molecular flexibility index (Phi) is 4.77. The highest BCUT2D eigenvalue weighted by Crippen LogP contribution is 2.29. The van der Waals surface area contributed by atoms with Crippen LogP contribution in [0.4, 0.5) is 0 Å². The summed E-state index contributed by atoms with van der Waals surface area (Å²) < 4.78 is 5.36. The summed E-state index contributed by atoms with van der Waals surface area (Å²) in [4.78, 5) is 10.8. The summed E-state index contributed by atoms with van der Waals surface area (Å²) >= 11 is 0. The van der Waals surface area contributed by atoms with E-state index >= 15 is 0 Å². The number of hydrogen-bond acceptors (Lipinski definition) is 2. The maximum absolute atomic E-state index is 10.8. The van der Waals surface area contributed by atoms with Gasteiger partial charge in [0.1, 0.15) is 11.3 Å². The van der Waals surface area contributed by atoms with Crippen molar-refractivity contribution in [3.05, 3.63) is 54.1 Å². The molecule has 1 N–H and O–H groups in total. The molecule has 0 aromatic heterocycles. The van der Waals surface area contributed by atoms with Crippen LogP contribution >= 0.6 is 0 Å². The molecule has 0 atom stereocenters. The molecule has 0 bridgehead atoms. The summed E-state index contributed by atoms with van der Waals surface area (Å²) in [5, 5.41) is 8.84. The van der Waals surface area contributed by atoms with Crippen molar-refractivity contribution < 1.29 is 14.6 Å². The van der Waals surface area contributed by atoms with E-state index < -0.39 is 5.97 Å². The largest absolute Gasteiger partial charge is 0.493 e. The Labute approximate surface area is 118 Å². The summed E-state index contributed by atoms with van der Waals surface area (Å²) in [6.07, 6.45) is 1.98. The molecule has 3 nitrogen and oxygen atoms in total. The fraction of sp³-hybridized carbons (Fsp3) is 0.235. The summed E-state index contributed by atoms with van der Waals surface area (Å²) in [5.41, 5.74) is 3.08. The Morgan fingerprint density at radius 3 is 2.10 bits per heavy atom. The first-order valence-corrected chi connectivity index (χ1v) is 6.78. The highest BCUT2D eigenvalue weighted by atomic mass is 16.5. The van der Waals surface area contributed by atoms with E-state index in [1.165, 1.54) is 11.1 Å². The predicted octanol–water partition coefficient (Wildman–Crippen LogP) is 4.23. The number of ether oxygens (including phenoxy) is 1. The molecule has 1 aromatic carbocycles. The Morgan fingerprint density at radius 2 is 1.65 bits per heavy atom. The molecule has 3 rings (SSSR count). The van der Waals surface area contributed by atoms with Gasteiger partial charge in [-0.15, -0.1) is 0 Å². The minimum absolute atomic E-state index is 0.226. The van der Waals surface area contributed by atoms with E-state index in [4.69, 9.17) is 9.84 Å². The standard InChI is InChI=1S/C11H14O3.C6H4/c1-2-3-8-14-10-7-5-4-6-9(10)11(12)13;1-2-6-4-3-5(1)6/h4-7H,2-3,8H2,1H3,(H,12,13);1-4H. The van der Waals surface area contributed by atoms with Crippen LogP contribution in [0.15, 0.2) is 48.5 Å². The molecule has 0 radical (unpaired) electrons. The number of carboxylic acids is 1. The number of benzene rings is 2. The average molecular weight is 270 g/mol. The van der Waals surface area contributed by atoms with Crippen LogP contribution in [0.3, 0.4) is 0 Å². The van der Waals surface area contributed by atoms with E-state index in [-0.39, 0.29) is 5.56 Å². The third-order valence-corrected chi connectivity index (χ3v) is 3.09. The van der Waals surface area contributed by atoms with Gasteiger partial charge in [0.05, 0.1) is 6.61 Å². The Morgan fingerprint density at radius 1 is 1.05 bits per heavy atom. The van der Waals surface area contributed by atoms with Gasteiger partial charge in [-0.25, -0.2) is 4.79 Å².